The van der Waals surface area contributed by atoms with E-state index in [0.717, 1.165) is 19.6 Å². The molecule has 172 valence electrons. The Balaban J connectivity index is 2.06. The molecule has 0 fully saturated rings. The average Bonchev–Trinajstić information content (AvgIpc) is 2.87. The van der Waals surface area contributed by atoms with Gasteiger partial charge in [0.15, 0.2) is 8.34 Å². The minimum Gasteiger partial charge on any atom is -0.268 e. The largest absolute Gasteiger partial charge is 0.268 e. The first kappa shape index (κ1) is 24.8. The monoisotopic (exact) mass is 554 g/mol. The number of hydrogen-bond acceptors (Lipinski definition) is 1. The van der Waals surface area contributed by atoms with Crippen molar-refractivity contribution in [2.24, 2.45) is 0 Å². The first-order chi connectivity index (χ1) is 16.0. The Hall–Kier alpha value is -1.30. The highest BCUT2D eigenvalue weighted by molar-refractivity contribution is 8.44. The molecule has 0 radical (unpaired) electrons. The van der Waals surface area contributed by atoms with Crippen molar-refractivity contribution in [3.63, 3.8) is 0 Å². The molecule has 0 amide bonds. The maximum Gasteiger partial charge on any atom is 0.167 e. The Bertz CT molecular complexity index is 972. The molecule has 0 aliphatic rings. The summed E-state index contributed by atoms with van der Waals surface area (Å²) >= 11 is 27.4. The van der Waals surface area contributed by atoms with Crippen molar-refractivity contribution in [2.75, 3.05) is 0 Å². The summed E-state index contributed by atoms with van der Waals surface area (Å²) in [5.74, 6) is 0. The molecular formula is C26H22Cl4OS2. The predicted octanol–water partition coefficient (Wildman–Crippen LogP) is 10.2. The molecular weight excluding hydrogens is 534 g/mol. The number of benzene rings is 4. The zero-order chi connectivity index (χ0) is 23.3. The molecule has 0 atom stereocenters. The van der Waals surface area contributed by atoms with Gasteiger partial charge in [0.25, 0.3) is 0 Å². The topological polar surface area (TPSA) is 9.23 Å². The Morgan fingerprint density at radius 2 is 0.606 bits per heavy atom. The van der Waals surface area contributed by atoms with Gasteiger partial charge in [0.05, 0.1) is 0 Å². The maximum absolute atomic E-state index is 7.33. The third-order valence-electron chi connectivity index (χ3n) is 5.09. The molecule has 4 rings (SSSR count). The van der Waals surface area contributed by atoms with Crippen molar-refractivity contribution in [3.05, 3.63) is 121 Å². The zero-order valence-electron chi connectivity index (χ0n) is 17.4. The SMILES string of the molecule is ClC(Cl)S(OS(c1ccccc1)(c1ccccc1)C(Cl)Cl)(c1ccccc1)c1ccccc1. The van der Waals surface area contributed by atoms with Gasteiger partial charge in [0.2, 0.25) is 0 Å². The first-order valence-corrected chi connectivity index (χ1v) is 15.1. The fourth-order valence-electron chi connectivity index (χ4n) is 3.56. The van der Waals surface area contributed by atoms with E-state index < -0.39 is 29.0 Å². The minimum absolute atomic E-state index is 0.881. The molecule has 33 heavy (non-hydrogen) atoms. The van der Waals surface area contributed by atoms with Gasteiger partial charge in [0, 0.05) is 19.6 Å². The summed E-state index contributed by atoms with van der Waals surface area (Å²) in [5, 5.41) is 0. The van der Waals surface area contributed by atoms with Crippen LogP contribution >= 0.6 is 67.0 Å². The third kappa shape index (κ3) is 4.78. The van der Waals surface area contributed by atoms with Crippen molar-refractivity contribution in [3.8, 4) is 0 Å². The molecule has 0 bridgehead atoms. The first-order valence-electron chi connectivity index (χ1n) is 10.1. The highest BCUT2D eigenvalue weighted by Crippen LogP contribution is 2.82. The maximum atomic E-state index is 7.33. The molecule has 0 N–H and O–H groups in total. The Morgan fingerprint density at radius 3 is 0.788 bits per heavy atom. The van der Waals surface area contributed by atoms with Crippen LogP contribution in [-0.4, -0.2) is 8.34 Å². The number of hydrogen-bond donors (Lipinski definition) is 0. The summed E-state index contributed by atoms with van der Waals surface area (Å²) in [6.45, 7) is 0. The number of alkyl halides is 4. The highest BCUT2D eigenvalue weighted by Gasteiger charge is 2.47. The van der Waals surface area contributed by atoms with E-state index in [2.05, 4.69) is 0 Å². The summed E-state index contributed by atoms with van der Waals surface area (Å²) in [5.41, 5.74) is 0. The molecule has 0 saturated heterocycles. The van der Waals surface area contributed by atoms with Crippen LogP contribution in [0.4, 0.5) is 0 Å². The molecule has 7 heteroatoms. The second-order valence-corrected chi connectivity index (χ2v) is 16.0. The normalized spacial score (nSPS) is 13.3. The van der Waals surface area contributed by atoms with Gasteiger partial charge in [-0.1, -0.05) is 119 Å². The van der Waals surface area contributed by atoms with Crippen LogP contribution < -0.4 is 0 Å². The molecule has 4 aromatic rings. The molecule has 0 unspecified atom stereocenters. The Labute approximate surface area is 218 Å². The van der Waals surface area contributed by atoms with Gasteiger partial charge in [0.1, 0.15) is 0 Å². The Morgan fingerprint density at radius 1 is 0.394 bits per heavy atom. The highest BCUT2D eigenvalue weighted by atomic mass is 35.5. The molecule has 1 nitrogen and oxygen atoms in total. The standard InChI is InChI=1S/C26H22Cl4OS2/c27-25(28)32(21-13-5-1-6-14-21,22-15-7-2-8-16-22)31-33(26(29)30,23-17-9-3-10-18-23)24-19-11-4-12-20-24/h1-20,25-26H. The van der Waals surface area contributed by atoms with E-state index in [1.165, 1.54) is 0 Å². The molecule has 0 aromatic heterocycles. The van der Waals surface area contributed by atoms with Crippen molar-refractivity contribution < 1.29 is 3.63 Å². The summed E-state index contributed by atoms with van der Waals surface area (Å²) in [7, 11) is -4.94. The van der Waals surface area contributed by atoms with Crippen LogP contribution in [0.5, 0.6) is 0 Å². The van der Waals surface area contributed by atoms with Crippen LogP contribution in [0.15, 0.2) is 141 Å². The van der Waals surface area contributed by atoms with Gasteiger partial charge in [-0.25, -0.2) is 0 Å². The van der Waals surface area contributed by atoms with Crippen LogP contribution in [-0.2, 0) is 3.63 Å². The molecule has 0 saturated carbocycles. The summed E-state index contributed by atoms with van der Waals surface area (Å²) in [4.78, 5) is 3.57. The van der Waals surface area contributed by atoms with E-state index >= 15 is 0 Å². The van der Waals surface area contributed by atoms with E-state index in [9.17, 15) is 0 Å². The molecule has 0 aliphatic carbocycles. The molecule has 0 aliphatic heterocycles. The lowest BCUT2D eigenvalue weighted by Crippen LogP contribution is -2.21. The van der Waals surface area contributed by atoms with Crippen molar-refractivity contribution in [1.82, 2.24) is 0 Å². The minimum atomic E-state index is -2.47. The smallest absolute Gasteiger partial charge is 0.167 e. The zero-order valence-corrected chi connectivity index (χ0v) is 22.1. The van der Waals surface area contributed by atoms with E-state index in [4.69, 9.17) is 50.0 Å². The second kappa shape index (κ2) is 11.0. The molecule has 0 spiro atoms. The summed E-state index contributed by atoms with van der Waals surface area (Å²) in [6.07, 6.45) is 0. The number of rotatable bonds is 8. The van der Waals surface area contributed by atoms with Gasteiger partial charge in [-0.2, -0.15) is 0 Å². The lowest BCUT2D eigenvalue weighted by atomic mass is 10.4. The quantitative estimate of drug-likeness (QED) is 0.196. The van der Waals surface area contributed by atoms with E-state index in [-0.39, 0.29) is 0 Å². The van der Waals surface area contributed by atoms with Crippen molar-refractivity contribution >= 4 is 67.0 Å². The molecule has 0 heterocycles. The van der Waals surface area contributed by atoms with Crippen LogP contribution in [0.1, 0.15) is 0 Å². The van der Waals surface area contributed by atoms with Crippen LogP contribution in [0, 0.1) is 0 Å². The van der Waals surface area contributed by atoms with Crippen molar-refractivity contribution in [1.29, 1.82) is 0 Å². The lowest BCUT2D eigenvalue weighted by Gasteiger charge is -2.51. The van der Waals surface area contributed by atoms with Gasteiger partial charge in [-0.05, 0) is 69.1 Å². The van der Waals surface area contributed by atoms with Crippen LogP contribution in [0.2, 0.25) is 0 Å². The summed E-state index contributed by atoms with van der Waals surface area (Å²) < 4.78 is 5.57. The van der Waals surface area contributed by atoms with E-state index in [1.807, 2.05) is 121 Å². The van der Waals surface area contributed by atoms with Gasteiger partial charge in [-0.3, -0.25) is 3.63 Å². The fraction of sp³-hybridized carbons (Fsp3) is 0.0769. The van der Waals surface area contributed by atoms with Gasteiger partial charge in [-0.15, -0.1) is 0 Å². The third-order valence-corrected chi connectivity index (χ3v) is 14.7. The Kier molecular flexibility index (Phi) is 8.24. The van der Waals surface area contributed by atoms with Crippen LogP contribution in [0.25, 0.3) is 0 Å². The van der Waals surface area contributed by atoms with E-state index in [0.29, 0.717) is 0 Å². The lowest BCUT2D eigenvalue weighted by molar-refractivity contribution is 0.679. The van der Waals surface area contributed by atoms with Gasteiger partial charge >= 0.3 is 0 Å². The average molecular weight is 556 g/mol. The van der Waals surface area contributed by atoms with Gasteiger partial charge < -0.3 is 0 Å². The number of halogens is 4. The summed E-state index contributed by atoms with van der Waals surface area (Å²) in [6, 6.07) is 39.5. The second-order valence-electron chi connectivity index (χ2n) is 7.04. The predicted molar refractivity (Wildman–Crippen MR) is 146 cm³/mol. The fourth-order valence-corrected chi connectivity index (χ4v) is 13.8. The molecule has 4 aromatic carbocycles. The van der Waals surface area contributed by atoms with E-state index in [1.54, 1.807) is 0 Å². The van der Waals surface area contributed by atoms with Crippen LogP contribution in [0.3, 0.4) is 0 Å². The van der Waals surface area contributed by atoms with Crippen molar-refractivity contribution in [2.45, 2.75) is 27.9 Å².